The molecule has 0 atom stereocenters. The number of benzene rings is 2. The van der Waals surface area contributed by atoms with Gasteiger partial charge in [-0.25, -0.2) is 4.98 Å². The first-order valence-corrected chi connectivity index (χ1v) is 7.36. The Morgan fingerprint density at radius 3 is 2.46 bits per heavy atom. The number of fused-ring (bicyclic) bond motifs is 1. The van der Waals surface area contributed by atoms with E-state index in [1.807, 2.05) is 0 Å². The van der Waals surface area contributed by atoms with E-state index in [1.165, 1.54) is 30.3 Å². The second-order valence-corrected chi connectivity index (χ2v) is 5.72. The van der Waals surface area contributed by atoms with Crippen molar-refractivity contribution in [3.8, 4) is 0 Å². The van der Waals surface area contributed by atoms with E-state index in [-0.39, 0.29) is 22.1 Å². The van der Waals surface area contributed by atoms with Crippen LogP contribution in [-0.4, -0.2) is 20.7 Å². The highest BCUT2D eigenvalue weighted by atomic mass is 32.1. The van der Waals surface area contributed by atoms with Crippen LogP contribution in [0.2, 0.25) is 0 Å². The van der Waals surface area contributed by atoms with Gasteiger partial charge in [0.1, 0.15) is 0 Å². The Bertz CT molecular complexity index is 984. The van der Waals surface area contributed by atoms with Gasteiger partial charge in [-0.15, -0.1) is 0 Å². The minimum Gasteiger partial charge on any atom is -0.298 e. The maximum absolute atomic E-state index is 12.2. The summed E-state index contributed by atoms with van der Waals surface area (Å²) in [6, 6.07) is 9.52. The van der Waals surface area contributed by atoms with Crippen LogP contribution in [0.3, 0.4) is 0 Å². The maximum atomic E-state index is 12.2. The molecule has 0 bridgehead atoms. The molecule has 0 aliphatic rings. The smallest absolute Gasteiger partial charge is 0.271 e. The van der Waals surface area contributed by atoms with Crippen molar-refractivity contribution in [1.82, 2.24) is 4.98 Å². The largest absolute Gasteiger partial charge is 0.298 e. The summed E-state index contributed by atoms with van der Waals surface area (Å²) in [5.74, 6) is -0.549. The van der Waals surface area contributed by atoms with E-state index in [0.717, 1.165) is 17.4 Å². The molecule has 120 valence electrons. The van der Waals surface area contributed by atoms with Gasteiger partial charge in [0.25, 0.3) is 17.3 Å². The number of rotatable bonds is 4. The van der Waals surface area contributed by atoms with Crippen LogP contribution in [0.5, 0.6) is 0 Å². The van der Waals surface area contributed by atoms with E-state index in [1.54, 1.807) is 6.07 Å². The molecule has 0 aliphatic carbocycles. The molecular weight excluding hydrogens is 336 g/mol. The van der Waals surface area contributed by atoms with Crippen LogP contribution in [0.1, 0.15) is 10.4 Å². The van der Waals surface area contributed by atoms with Crippen LogP contribution in [0.15, 0.2) is 42.5 Å². The molecule has 0 spiro atoms. The van der Waals surface area contributed by atoms with Crippen molar-refractivity contribution >= 4 is 44.0 Å². The molecular formula is C14H8N4O5S. The lowest BCUT2D eigenvalue weighted by Crippen LogP contribution is -2.11. The van der Waals surface area contributed by atoms with Crippen molar-refractivity contribution in [2.24, 2.45) is 0 Å². The van der Waals surface area contributed by atoms with Gasteiger partial charge in [-0.1, -0.05) is 17.4 Å². The molecule has 3 aromatic rings. The summed E-state index contributed by atoms with van der Waals surface area (Å²) in [4.78, 5) is 36.7. The Morgan fingerprint density at radius 2 is 1.75 bits per heavy atom. The molecule has 0 saturated carbocycles. The first-order chi connectivity index (χ1) is 11.4. The molecule has 0 unspecified atom stereocenters. The first-order valence-electron chi connectivity index (χ1n) is 6.55. The fourth-order valence-electron chi connectivity index (χ4n) is 2.01. The molecule has 0 radical (unpaired) electrons. The standard InChI is InChI=1S/C14H8N4O5S/c19-13(8-2-1-3-9(6-8)17(20)21)16-14-15-11-7-10(18(22)23)4-5-12(11)24-14/h1-7H,(H,15,16,19). The molecule has 1 aromatic heterocycles. The zero-order valence-electron chi connectivity index (χ0n) is 11.8. The van der Waals surface area contributed by atoms with E-state index in [2.05, 4.69) is 10.3 Å². The first kappa shape index (κ1) is 15.5. The highest BCUT2D eigenvalue weighted by Gasteiger charge is 2.15. The number of non-ortho nitro benzene ring substituents is 2. The number of aromatic nitrogens is 1. The third-order valence-corrected chi connectivity index (χ3v) is 4.07. The van der Waals surface area contributed by atoms with E-state index >= 15 is 0 Å². The summed E-state index contributed by atoms with van der Waals surface area (Å²) in [7, 11) is 0. The summed E-state index contributed by atoms with van der Waals surface area (Å²) in [5, 5.41) is 24.3. The average Bonchev–Trinajstić information content (AvgIpc) is 2.96. The van der Waals surface area contributed by atoms with Crippen molar-refractivity contribution in [2.75, 3.05) is 5.32 Å². The van der Waals surface area contributed by atoms with Gasteiger partial charge >= 0.3 is 0 Å². The number of nitrogens with zero attached hydrogens (tertiary/aromatic N) is 3. The molecule has 1 N–H and O–H groups in total. The van der Waals surface area contributed by atoms with Crippen molar-refractivity contribution in [2.45, 2.75) is 0 Å². The van der Waals surface area contributed by atoms with E-state index in [4.69, 9.17) is 0 Å². The Hall–Kier alpha value is -3.40. The molecule has 1 amide bonds. The Labute approximate surface area is 137 Å². The van der Waals surface area contributed by atoms with Gasteiger partial charge in [0.15, 0.2) is 5.13 Å². The van der Waals surface area contributed by atoms with Crippen LogP contribution in [0, 0.1) is 20.2 Å². The number of amides is 1. The number of anilines is 1. The number of nitrogens with one attached hydrogen (secondary N) is 1. The summed E-state index contributed by atoms with van der Waals surface area (Å²) in [6.07, 6.45) is 0. The van der Waals surface area contributed by atoms with Gasteiger partial charge in [0.2, 0.25) is 0 Å². The zero-order chi connectivity index (χ0) is 17.3. The minimum absolute atomic E-state index is 0.0932. The lowest BCUT2D eigenvalue weighted by Gasteiger charge is -2.01. The van der Waals surface area contributed by atoms with Crippen LogP contribution in [-0.2, 0) is 0 Å². The number of hydrogen-bond donors (Lipinski definition) is 1. The fourth-order valence-corrected chi connectivity index (χ4v) is 2.85. The minimum atomic E-state index is -0.590. The lowest BCUT2D eigenvalue weighted by molar-refractivity contribution is -0.385. The lowest BCUT2D eigenvalue weighted by atomic mass is 10.2. The second-order valence-electron chi connectivity index (χ2n) is 4.69. The summed E-state index contributed by atoms with van der Waals surface area (Å²) in [6.45, 7) is 0. The zero-order valence-corrected chi connectivity index (χ0v) is 12.6. The van der Waals surface area contributed by atoms with Crippen LogP contribution < -0.4 is 5.32 Å². The van der Waals surface area contributed by atoms with Crippen molar-refractivity contribution in [1.29, 1.82) is 0 Å². The molecule has 10 heteroatoms. The van der Waals surface area contributed by atoms with Crippen molar-refractivity contribution in [3.05, 3.63) is 68.3 Å². The predicted octanol–water partition coefficient (Wildman–Crippen LogP) is 3.37. The number of nitro groups is 2. The van der Waals surface area contributed by atoms with Crippen LogP contribution in [0.25, 0.3) is 10.2 Å². The molecule has 3 rings (SSSR count). The van der Waals surface area contributed by atoms with Gasteiger partial charge in [-0.3, -0.25) is 30.3 Å². The number of hydrogen-bond acceptors (Lipinski definition) is 7. The number of thiazole rings is 1. The maximum Gasteiger partial charge on any atom is 0.271 e. The topological polar surface area (TPSA) is 128 Å². The number of carbonyl (C=O) groups is 1. The van der Waals surface area contributed by atoms with Gasteiger partial charge in [0, 0.05) is 29.8 Å². The third kappa shape index (κ3) is 3.03. The van der Waals surface area contributed by atoms with Crippen molar-refractivity contribution < 1.29 is 14.6 Å². The molecule has 0 aliphatic heterocycles. The summed E-state index contributed by atoms with van der Waals surface area (Å²) in [5.41, 5.74) is 0.227. The van der Waals surface area contributed by atoms with Crippen LogP contribution in [0.4, 0.5) is 16.5 Å². The molecule has 9 nitrogen and oxygen atoms in total. The Morgan fingerprint density at radius 1 is 1.04 bits per heavy atom. The molecule has 24 heavy (non-hydrogen) atoms. The normalized spacial score (nSPS) is 10.5. The van der Waals surface area contributed by atoms with Gasteiger partial charge in [-0.2, -0.15) is 0 Å². The average molecular weight is 344 g/mol. The quantitative estimate of drug-likeness (QED) is 0.571. The fraction of sp³-hybridized carbons (Fsp3) is 0. The van der Waals surface area contributed by atoms with Crippen molar-refractivity contribution in [3.63, 3.8) is 0 Å². The molecule has 1 heterocycles. The van der Waals surface area contributed by atoms with Gasteiger partial charge < -0.3 is 0 Å². The second kappa shape index (κ2) is 6.01. The van der Waals surface area contributed by atoms with Gasteiger partial charge in [-0.05, 0) is 12.1 Å². The molecule has 2 aromatic carbocycles. The molecule has 0 fully saturated rings. The monoisotopic (exact) mass is 344 g/mol. The van der Waals surface area contributed by atoms with E-state index in [9.17, 15) is 25.0 Å². The highest BCUT2D eigenvalue weighted by molar-refractivity contribution is 7.22. The number of carbonyl (C=O) groups excluding carboxylic acids is 1. The SMILES string of the molecule is O=C(Nc1nc2cc([N+](=O)[O-])ccc2s1)c1cccc([N+](=O)[O-])c1. The van der Waals surface area contributed by atoms with Crippen LogP contribution >= 0.6 is 11.3 Å². The predicted molar refractivity (Wildman–Crippen MR) is 87.3 cm³/mol. The Balaban J connectivity index is 1.86. The number of nitro benzene ring substituents is 2. The van der Waals surface area contributed by atoms with Gasteiger partial charge in [0.05, 0.1) is 20.1 Å². The van der Waals surface area contributed by atoms with E-state index in [0.29, 0.717) is 10.2 Å². The molecule has 0 saturated heterocycles. The third-order valence-electron chi connectivity index (χ3n) is 3.12. The highest BCUT2D eigenvalue weighted by Crippen LogP contribution is 2.29. The Kier molecular flexibility index (Phi) is 3.88. The summed E-state index contributed by atoms with van der Waals surface area (Å²) < 4.78 is 0.676. The van der Waals surface area contributed by atoms with E-state index < -0.39 is 15.8 Å². The summed E-state index contributed by atoms with van der Waals surface area (Å²) >= 11 is 1.15.